The van der Waals surface area contributed by atoms with Gasteiger partial charge in [0.1, 0.15) is 5.75 Å². The number of carbonyl (C=O) groups excluding carboxylic acids is 1. The summed E-state index contributed by atoms with van der Waals surface area (Å²) in [6, 6.07) is 7.43. The molecule has 0 fully saturated rings. The van der Waals surface area contributed by atoms with Crippen molar-refractivity contribution in [3.8, 4) is 5.75 Å². The molecule has 0 N–H and O–H groups in total. The summed E-state index contributed by atoms with van der Waals surface area (Å²) in [5.74, 6) is 0.610. The van der Waals surface area contributed by atoms with Crippen LogP contribution in [-0.2, 0) is 4.79 Å². The van der Waals surface area contributed by atoms with Gasteiger partial charge in [0, 0.05) is 12.6 Å². The Labute approximate surface area is 108 Å². The second-order valence-electron chi connectivity index (χ2n) is 4.21. The van der Waals surface area contributed by atoms with E-state index in [-0.39, 0.29) is 5.91 Å². The standard InChI is InChI=1S/C15H19NO2/c1-11(2)10-12(3)15(17)16(4)13-8-6-7-9-14(13)18-5/h6-10H,1H2,2-5H3. The Kier molecular flexibility index (Phi) is 4.72. The van der Waals surface area contributed by atoms with Crippen LogP contribution in [0.1, 0.15) is 13.8 Å². The molecule has 96 valence electrons. The third-order valence-electron chi connectivity index (χ3n) is 2.55. The minimum Gasteiger partial charge on any atom is -0.495 e. The first-order valence-corrected chi connectivity index (χ1v) is 5.72. The van der Waals surface area contributed by atoms with Crippen LogP contribution in [0.25, 0.3) is 0 Å². The number of methoxy groups -OCH3 is 1. The highest BCUT2D eigenvalue weighted by Gasteiger charge is 2.15. The minimum absolute atomic E-state index is 0.0671. The van der Waals surface area contributed by atoms with Crippen molar-refractivity contribution in [2.75, 3.05) is 19.1 Å². The van der Waals surface area contributed by atoms with Crippen molar-refractivity contribution in [2.24, 2.45) is 0 Å². The van der Waals surface area contributed by atoms with Crippen LogP contribution in [0, 0.1) is 0 Å². The van der Waals surface area contributed by atoms with Crippen LogP contribution in [-0.4, -0.2) is 20.1 Å². The van der Waals surface area contributed by atoms with E-state index in [0.717, 1.165) is 11.3 Å². The lowest BCUT2D eigenvalue weighted by Crippen LogP contribution is -2.27. The van der Waals surface area contributed by atoms with Gasteiger partial charge in [-0.3, -0.25) is 4.79 Å². The molecular formula is C15H19NO2. The lowest BCUT2D eigenvalue weighted by atomic mass is 10.1. The van der Waals surface area contributed by atoms with E-state index in [1.165, 1.54) is 0 Å². The Morgan fingerprint density at radius 3 is 2.50 bits per heavy atom. The van der Waals surface area contributed by atoms with Gasteiger partial charge in [-0.2, -0.15) is 0 Å². The zero-order valence-electron chi connectivity index (χ0n) is 11.4. The van der Waals surface area contributed by atoms with E-state index in [9.17, 15) is 4.79 Å². The van der Waals surface area contributed by atoms with Gasteiger partial charge in [-0.05, 0) is 26.0 Å². The van der Waals surface area contributed by atoms with E-state index in [2.05, 4.69) is 6.58 Å². The molecule has 0 unspecified atom stereocenters. The molecule has 0 aliphatic heterocycles. The molecule has 0 aromatic heterocycles. The Hall–Kier alpha value is -2.03. The summed E-state index contributed by atoms with van der Waals surface area (Å²) in [6.07, 6.45) is 1.77. The van der Waals surface area contributed by atoms with Crippen LogP contribution in [0.5, 0.6) is 5.75 Å². The maximum atomic E-state index is 12.2. The molecule has 0 radical (unpaired) electrons. The molecule has 3 nitrogen and oxygen atoms in total. The summed E-state index contributed by atoms with van der Waals surface area (Å²) < 4.78 is 5.25. The number of amides is 1. The quantitative estimate of drug-likeness (QED) is 0.602. The third kappa shape index (κ3) is 3.23. The van der Waals surface area contributed by atoms with Crippen LogP contribution in [0.3, 0.4) is 0 Å². The Bertz CT molecular complexity index is 489. The van der Waals surface area contributed by atoms with E-state index in [1.807, 2.05) is 31.2 Å². The molecule has 1 aromatic rings. The van der Waals surface area contributed by atoms with Crippen molar-refractivity contribution in [1.82, 2.24) is 0 Å². The zero-order chi connectivity index (χ0) is 13.7. The number of allylic oxidation sites excluding steroid dienone is 2. The summed E-state index contributed by atoms with van der Waals surface area (Å²) in [6.45, 7) is 7.41. The number of hydrogen-bond donors (Lipinski definition) is 0. The van der Waals surface area contributed by atoms with E-state index < -0.39 is 0 Å². The Balaban J connectivity index is 3.03. The fourth-order valence-corrected chi connectivity index (χ4v) is 1.71. The molecule has 0 aliphatic carbocycles. The lowest BCUT2D eigenvalue weighted by molar-refractivity contribution is -0.114. The first-order valence-electron chi connectivity index (χ1n) is 5.72. The topological polar surface area (TPSA) is 29.5 Å². The highest BCUT2D eigenvalue weighted by Crippen LogP contribution is 2.27. The number of benzene rings is 1. The number of hydrogen-bond acceptors (Lipinski definition) is 2. The molecule has 1 amide bonds. The van der Waals surface area contributed by atoms with Crippen molar-refractivity contribution in [3.05, 3.63) is 48.1 Å². The smallest absolute Gasteiger partial charge is 0.253 e. The number of para-hydroxylation sites is 2. The summed E-state index contributed by atoms with van der Waals surface area (Å²) in [5.41, 5.74) is 2.25. The van der Waals surface area contributed by atoms with Crippen molar-refractivity contribution in [3.63, 3.8) is 0 Å². The van der Waals surface area contributed by atoms with E-state index in [0.29, 0.717) is 11.3 Å². The summed E-state index contributed by atoms with van der Waals surface area (Å²) in [5, 5.41) is 0. The maximum absolute atomic E-state index is 12.2. The normalized spacial score (nSPS) is 11.0. The fourth-order valence-electron chi connectivity index (χ4n) is 1.71. The molecule has 0 saturated heterocycles. The molecule has 0 aliphatic rings. The number of carbonyl (C=O) groups is 1. The van der Waals surface area contributed by atoms with E-state index in [4.69, 9.17) is 4.74 Å². The van der Waals surface area contributed by atoms with Crippen LogP contribution in [0.2, 0.25) is 0 Å². The average molecular weight is 245 g/mol. The van der Waals surface area contributed by atoms with Crippen molar-refractivity contribution in [1.29, 1.82) is 0 Å². The van der Waals surface area contributed by atoms with Gasteiger partial charge in [-0.1, -0.05) is 30.4 Å². The minimum atomic E-state index is -0.0671. The maximum Gasteiger partial charge on any atom is 0.253 e. The van der Waals surface area contributed by atoms with Crippen molar-refractivity contribution in [2.45, 2.75) is 13.8 Å². The molecule has 0 saturated carbocycles. The molecule has 0 atom stereocenters. The second-order valence-corrected chi connectivity index (χ2v) is 4.21. The van der Waals surface area contributed by atoms with Crippen LogP contribution in [0.4, 0.5) is 5.69 Å². The third-order valence-corrected chi connectivity index (χ3v) is 2.55. The van der Waals surface area contributed by atoms with Crippen molar-refractivity contribution >= 4 is 11.6 Å². The molecule has 3 heteroatoms. The Morgan fingerprint density at radius 2 is 1.94 bits per heavy atom. The summed E-state index contributed by atoms with van der Waals surface area (Å²) in [7, 11) is 3.32. The molecule has 1 rings (SSSR count). The highest BCUT2D eigenvalue weighted by atomic mass is 16.5. The largest absolute Gasteiger partial charge is 0.495 e. The summed E-state index contributed by atoms with van der Waals surface area (Å²) in [4.78, 5) is 13.8. The van der Waals surface area contributed by atoms with Gasteiger partial charge < -0.3 is 9.64 Å². The van der Waals surface area contributed by atoms with Gasteiger partial charge in [-0.25, -0.2) is 0 Å². The second kappa shape index (κ2) is 6.05. The SMILES string of the molecule is C=C(C)C=C(C)C(=O)N(C)c1ccccc1OC. The Morgan fingerprint density at radius 1 is 1.33 bits per heavy atom. The zero-order valence-corrected chi connectivity index (χ0v) is 11.4. The monoisotopic (exact) mass is 245 g/mol. The average Bonchev–Trinajstić information content (AvgIpc) is 2.36. The molecule has 0 bridgehead atoms. The molecular weight excluding hydrogens is 226 g/mol. The van der Waals surface area contributed by atoms with Gasteiger partial charge >= 0.3 is 0 Å². The molecule has 0 spiro atoms. The predicted octanol–water partition coefficient (Wildman–Crippen LogP) is 3.18. The number of ether oxygens (including phenoxy) is 1. The molecule has 1 aromatic carbocycles. The number of likely N-dealkylation sites (N-methyl/N-ethyl adjacent to an activating group) is 1. The van der Waals surface area contributed by atoms with Gasteiger partial charge in [0.2, 0.25) is 0 Å². The van der Waals surface area contributed by atoms with Gasteiger partial charge in [0.15, 0.2) is 0 Å². The predicted molar refractivity (Wildman–Crippen MR) is 75.0 cm³/mol. The fraction of sp³-hybridized carbons (Fsp3) is 0.267. The van der Waals surface area contributed by atoms with Crippen molar-refractivity contribution < 1.29 is 9.53 Å². The van der Waals surface area contributed by atoms with Gasteiger partial charge in [0.05, 0.1) is 12.8 Å². The van der Waals surface area contributed by atoms with Crippen LogP contribution in [0.15, 0.2) is 48.1 Å². The van der Waals surface area contributed by atoms with Gasteiger partial charge in [0.25, 0.3) is 5.91 Å². The summed E-state index contributed by atoms with van der Waals surface area (Å²) >= 11 is 0. The van der Waals surface area contributed by atoms with Crippen LogP contribution >= 0.6 is 0 Å². The first kappa shape index (κ1) is 14.0. The lowest BCUT2D eigenvalue weighted by Gasteiger charge is -2.20. The number of anilines is 1. The first-order chi connectivity index (χ1) is 8.47. The van der Waals surface area contributed by atoms with E-state index >= 15 is 0 Å². The van der Waals surface area contributed by atoms with Gasteiger partial charge in [-0.15, -0.1) is 0 Å². The van der Waals surface area contributed by atoms with E-state index in [1.54, 1.807) is 32.1 Å². The molecule has 0 heterocycles. The highest BCUT2D eigenvalue weighted by molar-refractivity contribution is 6.05. The van der Waals surface area contributed by atoms with Crippen LogP contribution < -0.4 is 9.64 Å². The molecule has 18 heavy (non-hydrogen) atoms. The number of nitrogens with zero attached hydrogens (tertiary/aromatic N) is 1. The number of rotatable bonds is 4.